The van der Waals surface area contributed by atoms with Gasteiger partial charge in [-0.05, 0) is 85.0 Å². The van der Waals surface area contributed by atoms with E-state index >= 15 is 0 Å². The Morgan fingerprint density at radius 1 is 0.545 bits per heavy atom. The van der Waals surface area contributed by atoms with Crippen molar-refractivity contribution >= 4 is 39.7 Å². The Labute approximate surface area is 145 Å². The molecule has 0 N–H and O–H groups in total. The summed E-state index contributed by atoms with van der Waals surface area (Å²) in [6, 6.07) is 25.9. The number of benzene rings is 3. The van der Waals surface area contributed by atoms with Gasteiger partial charge in [0.25, 0.3) is 0 Å². The molecule has 0 heterocycles. The maximum Gasteiger partial charge on any atom is 0.0462 e. The van der Waals surface area contributed by atoms with E-state index in [-0.39, 0.29) is 0 Å². The van der Waals surface area contributed by atoms with Crippen molar-refractivity contribution in [2.75, 3.05) is 4.90 Å². The third-order valence-electron chi connectivity index (χ3n) is 3.67. The SMILES string of the molecule is Cc1ccc(N(c2ccc(C)cc2)c2ccc(I)cc2)cc1. The maximum atomic E-state index is 2.34. The van der Waals surface area contributed by atoms with Crippen LogP contribution in [0.1, 0.15) is 11.1 Å². The molecule has 0 unspecified atom stereocenters. The first kappa shape index (κ1) is 15.1. The van der Waals surface area contributed by atoms with Crippen molar-refractivity contribution in [1.82, 2.24) is 0 Å². The van der Waals surface area contributed by atoms with Gasteiger partial charge in [-0.25, -0.2) is 0 Å². The van der Waals surface area contributed by atoms with Crippen LogP contribution in [0.3, 0.4) is 0 Å². The standard InChI is InChI=1S/C20H18IN/c1-15-3-9-18(10-4-15)22(19-11-5-16(2)6-12-19)20-13-7-17(21)8-14-20/h3-14H,1-2H3. The van der Waals surface area contributed by atoms with Crippen molar-refractivity contribution in [2.24, 2.45) is 0 Å². The van der Waals surface area contributed by atoms with E-state index in [0.717, 1.165) is 0 Å². The van der Waals surface area contributed by atoms with Crippen LogP contribution in [0.2, 0.25) is 0 Å². The van der Waals surface area contributed by atoms with Crippen molar-refractivity contribution in [1.29, 1.82) is 0 Å². The number of aryl methyl sites for hydroxylation is 2. The van der Waals surface area contributed by atoms with E-state index in [1.807, 2.05) is 0 Å². The molecule has 0 fully saturated rings. The Bertz CT molecular complexity index is 635. The molecule has 3 rings (SSSR count). The molecular weight excluding hydrogens is 381 g/mol. The van der Waals surface area contributed by atoms with E-state index in [1.165, 1.54) is 31.8 Å². The van der Waals surface area contributed by atoms with Crippen molar-refractivity contribution in [3.63, 3.8) is 0 Å². The second-order valence-corrected chi connectivity index (χ2v) is 6.73. The van der Waals surface area contributed by atoms with Crippen LogP contribution in [0.4, 0.5) is 17.1 Å². The minimum atomic E-state index is 1.17. The van der Waals surface area contributed by atoms with E-state index in [0.29, 0.717) is 0 Å². The van der Waals surface area contributed by atoms with Crippen LogP contribution in [0.15, 0.2) is 72.8 Å². The number of nitrogens with zero attached hydrogens (tertiary/aromatic N) is 1. The normalized spacial score (nSPS) is 10.5. The van der Waals surface area contributed by atoms with Gasteiger partial charge in [-0.3, -0.25) is 0 Å². The first-order chi connectivity index (χ1) is 10.6. The maximum absolute atomic E-state index is 2.34. The predicted molar refractivity (Wildman–Crippen MR) is 103 cm³/mol. The fourth-order valence-corrected chi connectivity index (χ4v) is 2.78. The molecule has 3 aromatic carbocycles. The largest absolute Gasteiger partial charge is 0.311 e. The predicted octanol–water partition coefficient (Wildman–Crippen LogP) is 6.38. The first-order valence-electron chi connectivity index (χ1n) is 7.32. The van der Waals surface area contributed by atoms with Crippen LogP contribution in [-0.4, -0.2) is 0 Å². The zero-order chi connectivity index (χ0) is 15.5. The number of hydrogen-bond acceptors (Lipinski definition) is 1. The summed E-state index contributed by atoms with van der Waals surface area (Å²) in [6.07, 6.45) is 0. The van der Waals surface area contributed by atoms with Crippen LogP contribution >= 0.6 is 22.6 Å². The third-order valence-corrected chi connectivity index (χ3v) is 4.39. The highest BCUT2D eigenvalue weighted by molar-refractivity contribution is 14.1. The molecule has 2 heteroatoms. The molecule has 0 atom stereocenters. The Morgan fingerprint density at radius 2 is 0.864 bits per heavy atom. The van der Waals surface area contributed by atoms with Gasteiger partial charge in [0, 0.05) is 20.6 Å². The second kappa shape index (κ2) is 6.53. The van der Waals surface area contributed by atoms with E-state index < -0.39 is 0 Å². The molecule has 0 aliphatic carbocycles. The third kappa shape index (κ3) is 3.33. The minimum absolute atomic E-state index is 1.17. The van der Waals surface area contributed by atoms with Gasteiger partial charge in [-0.2, -0.15) is 0 Å². The van der Waals surface area contributed by atoms with Crippen LogP contribution in [0, 0.1) is 17.4 Å². The van der Waals surface area contributed by atoms with Gasteiger partial charge < -0.3 is 4.90 Å². The Morgan fingerprint density at radius 3 is 1.23 bits per heavy atom. The lowest BCUT2D eigenvalue weighted by Gasteiger charge is -2.25. The molecule has 0 spiro atoms. The molecule has 3 aromatic rings. The summed E-state index contributed by atoms with van der Waals surface area (Å²) in [5.41, 5.74) is 6.07. The van der Waals surface area contributed by atoms with Crippen molar-refractivity contribution in [2.45, 2.75) is 13.8 Å². The molecule has 1 nitrogen and oxygen atoms in total. The number of anilines is 3. The average molecular weight is 399 g/mol. The average Bonchev–Trinajstić information content (AvgIpc) is 2.53. The minimum Gasteiger partial charge on any atom is -0.311 e. The molecule has 0 bridgehead atoms. The smallest absolute Gasteiger partial charge is 0.0462 e. The van der Waals surface area contributed by atoms with E-state index in [2.05, 4.69) is 114 Å². The zero-order valence-electron chi connectivity index (χ0n) is 12.8. The fourth-order valence-electron chi connectivity index (χ4n) is 2.43. The zero-order valence-corrected chi connectivity index (χ0v) is 14.9. The van der Waals surface area contributed by atoms with Gasteiger partial charge in [0.05, 0.1) is 0 Å². The van der Waals surface area contributed by atoms with Crippen molar-refractivity contribution < 1.29 is 0 Å². The molecule has 0 aliphatic heterocycles. The summed E-state index contributed by atoms with van der Waals surface area (Å²) in [6.45, 7) is 4.23. The summed E-state index contributed by atoms with van der Waals surface area (Å²) in [5.74, 6) is 0. The van der Waals surface area contributed by atoms with Gasteiger partial charge >= 0.3 is 0 Å². The summed E-state index contributed by atoms with van der Waals surface area (Å²) in [4.78, 5) is 2.29. The number of halogens is 1. The summed E-state index contributed by atoms with van der Waals surface area (Å²) < 4.78 is 1.24. The second-order valence-electron chi connectivity index (χ2n) is 5.48. The first-order valence-corrected chi connectivity index (χ1v) is 8.40. The lowest BCUT2D eigenvalue weighted by molar-refractivity contribution is 1.27. The quantitative estimate of drug-likeness (QED) is 0.462. The van der Waals surface area contributed by atoms with Crippen molar-refractivity contribution in [3.05, 3.63) is 87.5 Å². The van der Waals surface area contributed by atoms with Crippen LogP contribution in [-0.2, 0) is 0 Å². The molecule has 22 heavy (non-hydrogen) atoms. The topological polar surface area (TPSA) is 3.24 Å². The van der Waals surface area contributed by atoms with Crippen LogP contribution in [0.25, 0.3) is 0 Å². The Balaban J connectivity index is 2.10. The molecule has 110 valence electrons. The fraction of sp³-hybridized carbons (Fsp3) is 0.100. The molecule has 0 saturated heterocycles. The monoisotopic (exact) mass is 399 g/mol. The summed E-state index contributed by atoms with van der Waals surface area (Å²) in [5, 5.41) is 0. The molecule has 0 saturated carbocycles. The van der Waals surface area contributed by atoms with Gasteiger partial charge in [0.1, 0.15) is 0 Å². The van der Waals surface area contributed by atoms with Gasteiger partial charge in [-0.1, -0.05) is 35.4 Å². The van der Waals surface area contributed by atoms with E-state index in [1.54, 1.807) is 0 Å². The molecule has 0 radical (unpaired) electrons. The molecule has 0 aliphatic rings. The number of rotatable bonds is 3. The Hall–Kier alpha value is -1.81. The van der Waals surface area contributed by atoms with Crippen LogP contribution < -0.4 is 4.90 Å². The summed E-state index contributed by atoms with van der Waals surface area (Å²) in [7, 11) is 0. The van der Waals surface area contributed by atoms with E-state index in [9.17, 15) is 0 Å². The van der Waals surface area contributed by atoms with Gasteiger partial charge in [-0.15, -0.1) is 0 Å². The van der Waals surface area contributed by atoms with Gasteiger partial charge in [0.15, 0.2) is 0 Å². The van der Waals surface area contributed by atoms with Gasteiger partial charge in [0.2, 0.25) is 0 Å². The lowest BCUT2D eigenvalue weighted by Crippen LogP contribution is -2.09. The highest BCUT2D eigenvalue weighted by Gasteiger charge is 2.11. The molecule has 0 amide bonds. The summed E-state index contributed by atoms with van der Waals surface area (Å²) >= 11 is 2.34. The highest BCUT2D eigenvalue weighted by Crippen LogP contribution is 2.34. The Kier molecular flexibility index (Phi) is 4.48. The van der Waals surface area contributed by atoms with Crippen LogP contribution in [0.5, 0.6) is 0 Å². The molecule has 0 aromatic heterocycles. The van der Waals surface area contributed by atoms with Crippen molar-refractivity contribution in [3.8, 4) is 0 Å². The number of hydrogen-bond donors (Lipinski definition) is 0. The van der Waals surface area contributed by atoms with E-state index in [4.69, 9.17) is 0 Å². The lowest BCUT2D eigenvalue weighted by atomic mass is 10.1. The highest BCUT2D eigenvalue weighted by atomic mass is 127. The molecular formula is C20H18IN.